The van der Waals surface area contributed by atoms with Gasteiger partial charge in [0.05, 0.1) is 6.04 Å². The fourth-order valence-corrected chi connectivity index (χ4v) is 4.20. The first-order valence-corrected chi connectivity index (χ1v) is 11.4. The van der Waals surface area contributed by atoms with Gasteiger partial charge in [-0.2, -0.15) is 0 Å². The van der Waals surface area contributed by atoms with E-state index < -0.39 is 0 Å². The second kappa shape index (κ2) is 9.65. The van der Waals surface area contributed by atoms with E-state index in [1.54, 1.807) is 0 Å². The third-order valence-electron chi connectivity index (χ3n) is 6.62. The monoisotopic (exact) mass is 432 g/mol. The van der Waals surface area contributed by atoms with Crippen LogP contribution in [0.2, 0.25) is 0 Å². The van der Waals surface area contributed by atoms with Gasteiger partial charge in [0.1, 0.15) is 0 Å². The molecule has 0 radical (unpaired) electrons. The molecule has 6 nitrogen and oxygen atoms in total. The van der Waals surface area contributed by atoms with Crippen molar-refractivity contribution in [2.45, 2.75) is 46.1 Å². The highest BCUT2D eigenvalue weighted by molar-refractivity contribution is 5.77. The number of rotatable bonds is 6. The summed E-state index contributed by atoms with van der Waals surface area (Å²) in [4.78, 5) is 17.1. The molecular formula is C26H32N4O2. The number of hydrogen-bond acceptors (Lipinski definition) is 5. The molecule has 0 N–H and O–H groups in total. The van der Waals surface area contributed by atoms with Crippen LogP contribution in [0, 0.1) is 13.8 Å². The molecule has 0 unspecified atom stereocenters. The molecule has 32 heavy (non-hydrogen) atoms. The van der Waals surface area contributed by atoms with Crippen molar-refractivity contribution >= 4 is 5.91 Å². The van der Waals surface area contributed by atoms with E-state index in [-0.39, 0.29) is 17.9 Å². The Balaban J connectivity index is 1.32. The van der Waals surface area contributed by atoms with E-state index in [9.17, 15) is 4.79 Å². The van der Waals surface area contributed by atoms with Gasteiger partial charge in [-0.1, -0.05) is 43.3 Å². The van der Waals surface area contributed by atoms with E-state index >= 15 is 0 Å². The number of carbonyl (C=O) groups is 1. The number of carbonyl (C=O) groups excluding carboxylic acids is 1. The molecular weight excluding hydrogens is 400 g/mol. The highest BCUT2D eigenvalue weighted by Crippen LogP contribution is 2.26. The molecule has 4 rings (SSSR count). The highest BCUT2D eigenvalue weighted by Gasteiger charge is 2.28. The lowest BCUT2D eigenvalue weighted by molar-refractivity contribution is -0.133. The van der Waals surface area contributed by atoms with Crippen LogP contribution in [0.3, 0.4) is 0 Å². The van der Waals surface area contributed by atoms with Crippen molar-refractivity contribution in [1.82, 2.24) is 20.0 Å². The predicted octanol–water partition coefficient (Wildman–Crippen LogP) is 4.75. The van der Waals surface area contributed by atoms with Gasteiger partial charge in [0, 0.05) is 38.2 Å². The first-order chi connectivity index (χ1) is 15.4. The standard InChI is InChI=1S/C26H32N4O2/c1-18-10-11-23(16-19(18)2)26-28-27-25(32-26)21(4)29-12-14-30(15-13-29)24(31)17-20(3)22-8-6-5-7-9-22/h5-11,16,20-21H,12-15,17H2,1-4H3/t20-,21+/m0/s1. The highest BCUT2D eigenvalue weighted by atomic mass is 16.4. The van der Waals surface area contributed by atoms with Crippen LogP contribution >= 0.6 is 0 Å². The Bertz CT molecular complexity index is 1050. The summed E-state index contributed by atoms with van der Waals surface area (Å²) >= 11 is 0. The van der Waals surface area contributed by atoms with Crippen molar-refractivity contribution in [3.63, 3.8) is 0 Å². The van der Waals surface area contributed by atoms with Gasteiger partial charge < -0.3 is 9.32 Å². The molecule has 2 heterocycles. The Labute approximate surface area is 190 Å². The van der Waals surface area contributed by atoms with E-state index in [0.717, 1.165) is 31.7 Å². The zero-order valence-electron chi connectivity index (χ0n) is 19.4. The molecule has 0 spiro atoms. The molecule has 1 aliphatic heterocycles. The molecule has 1 fully saturated rings. The number of aryl methyl sites for hydroxylation is 2. The lowest BCUT2D eigenvalue weighted by Crippen LogP contribution is -2.49. The van der Waals surface area contributed by atoms with Gasteiger partial charge in [-0.25, -0.2) is 0 Å². The number of nitrogens with zero attached hydrogens (tertiary/aromatic N) is 4. The molecule has 0 aliphatic carbocycles. The predicted molar refractivity (Wildman–Crippen MR) is 125 cm³/mol. The molecule has 0 saturated carbocycles. The summed E-state index contributed by atoms with van der Waals surface area (Å²) in [5.41, 5.74) is 4.61. The lowest BCUT2D eigenvalue weighted by Gasteiger charge is -2.37. The largest absolute Gasteiger partial charge is 0.419 e. The summed E-state index contributed by atoms with van der Waals surface area (Å²) in [7, 11) is 0. The average Bonchev–Trinajstić information content (AvgIpc) is 3.31. The van der Waals surface area contributed by atoms with Crippen molar-refractivity contribution in [3.05, 3.63) is 71.1 Å². The third kappa shape index (κ3) is 4.91. The van der Waals surface area contributed by atoms with Gasteiger partial charge >= 0.3 is 0 Å². The normalized spacial score (nSPS) is 16.7. The van der Waals surface area contributed by atoms with E-state index in [0.29, 0.717) is 18.2 Å². The van der Waals surface area contributed by atoms with Gasteiger partial charge in [-0.3, -0.25) is 9.69 Å². The molecule has 1 aromatic heterocycles. The number of hydrogen-bond donors (Lipinski definition) is 0. The van der Waals surface area contributed by atoms with Crippen LogP contribution < -0.4 is 0 Å². The second-order valence-electron chi connectivity index (χ2n) is 8.85. The fraction of sp³-hybridized carbons (Fsp3) is 0.423. The van der Waals surface area contributed by atoms with Crippen molar-refractivity contribution in [2.24, 2.45) is 0 Å². The van der Waals surface area contributed by atoms with Crippen LogP contribution in [0.4, 0.5) is 0 Å². The summed E-state index contributed by atoms with van der Waals surface area (Å²) in [6.45, 7) is 11.4. The van der Waals surface area contributed by atoms with Crippen LogP contribution in [-0.2, 0) is 4.79 Å². The van der Waals surface area contributed by atoms with Crippen LogP contribution in [-0.4, -0.2) is 52.1 Å². The minimum atomic E-state index is 0.0169. The molecule has 3 aromatic rings. The van der Waals surface area contributed by atoms with E-state index in [4.69, 9.17) is 4.42 Å². The minimum Gasteiger partial charge on any atom is -0.419 e. The van der Waals surface area contributed by atoms with E-state index in [1.807, 2.05) is 29.2 Å². The number of amides is 1. The Morgan fingerprint density at radius 2 is 1.69 bits per heavy atom. The van der Waals surface area contributed by atoms with Crippen LogP contribution in [0.15, 0.2) is 52.9 Å². The lowest BCUT2D eigenvalue weighted by atomic mass is 9.97. The maximum absolute atomic E-state index is 12.8. The topological polar surface area (TPSA) is 62.5 Å². The smallest absolute Gasteiger partial charge is 0.247 e. The zero-order valence-corrected chi connectivity index (χ0v) is 19.4. The first kappa shape index (κ1) is 22.2. The van der Waals surface area contributed by atoms with Crippen molar-refractivity contribution in [1.29, 1.82) is 0 Å². The summed E-state index contributed by atoms with van der Waals surface area (Å²) in [5.74, 6) is 1.63. The van der Waals surface area contributed by atoms with Gasteiger partial charge in [-0.05, 0) is 55.5 Å². The van der Waals surface area contributed by atoms with Gasteiger partial charge in [0.25, 0.3) is 0 Å². The Kier molecular flexibility index (Phi) is 6.70. The molecule has 1 saturated heterocycles. The van der Waals surface area contributed by atoms with Crippen molar-refractivity contribution in [3.8, 4) is 11.5 Å². The summed E-state index contributed by atoms with van der Waals surface area (Å²) in [5, 5.41) is 8.58. The Morgan fingerprint density at radius 3 is 2.38 bits per heavy atom. The number of aromatic nitrogens is 2. The number of benzene rings is 2. The Morgan fingerprint density at radius 1 is 0.969 bits per heavy atom. The van der Waals surface area contributed by atoms with Gasteiger partial charge in [-0.15, -0.1) is 10.2 Å². The van der Waals surface area contributed by atoms with E-state index in [2.05, 4.69) is 67.1 Å². The zero-order chi connectivity index (χ0) is 22.7. The SMILES string of the molecule is Cc1ccc(-c2nnc([C@@H](C)N3CCN(C(=O)C[C@H](C)c4ccccc4)CC3)o2)cc1C. The summed E-state index contributed by atoms with van der Waals surface area (Å²) in [6, 6.07) is 16.4. The fourth-order valence-electron chi connectivity index (χ4n) is 4.20. The molecule has 6 heteroatoms. The van der Waals surface area contributed by atoms with Crippen LogP contribution in [0.25, 0.3) is 11.5 Å². The summed E-state index contributed by atoms with van der Waals surface area (Å²) < 4.78 is 6.01. The van der Waals surface area contributed by atoms with Crippen LogP contribution in [0.5, 0.6) is 0 Å². The van der Waals surface area contributed by atoms with Crippen molar-refractivity contribution in [2.75, 3.05) is 26.2 Å². The third-order valence-corrected chi connectivity index (χ3v) is 6.62. The maximum Gasteiger partial charge on any atom is 0.247 e. The summed E-state index contributed by atoms with van der Waals surface area (Å²) in [6.07, 6.45) is 0.544. The second-order valence-corrected chi connectivity index (χ2v) is 8.85. The van der Waals surface area contributed by atoms with E-state index in [1.165, 1.54) is 16.7 Å². The molecule has 1 aliphatic rings. The van der Waals surface area contributed by atoms with Crippen LogP contribution in [0.1, 0.15) is 54.8 Å². The van der Waals surface area contributed by atoms with Crippen molar-refractivity contribution < 1.29 is 9.21 Å². The Hall–Kier alpha value is -2.99. The molecule has 2 aromatic carbocycles. The first-order valence-electron chi connectivity index (χ1n) is 11.4. The molecule has 168 valence electrons. The van der Waals surface area contributed by atoms with Gasteiger partial charge in [0.15, 0.2) is 0 Å². The quantitative estimate of drug-likeness (QED) is 0.562. The van der Waals surface area contributed by atoms with Gasteiger partial charge in [0.2, 0.25) is 17.7 Å². The molecule has 2 atom stereocenters. The molecule has 0 bridgehead atoms. The average molecular weight is 433 g/mol. The molecule has 1 amide bonds. The maximum atomic E-state index is 12.8. The minimum absolute atomic E-state index is 0.0169. The number of piperazine rings is 1.